The van der Waals surface area contributed by atoms with Crippen LogP contribution in [0.15, 0.2) is 24.3 Å². The van der Waals surface area contributed by atoms with Gasteiger partial charge in [0.05, 0.1) is 11.3 Å². The minimum absolute atomic E-state index is 0.157. The second-order valence-corrected chi connectivity index (χ2v) is 7.69. The van der Waals surface area contributed by atoms with Gasteiger partial charge in [0.25, 0.3) is 0 Å². The molecule has 1 aromatic carbocycles. The van der Waals surface area contributed by atoms with E-state index in [2.05, 4.69) is 0 Å². The van der Waals surface area contributed by atoms with Crippen molar-refractivity contribution >= 4 is 15.7 Å². The third-order valence-corrected chi connectivity index (χ3v) is 5.90. The molecule has 0 amide bonds. The van der Waals surface area contributed by atoms with E-state index in [9.17, 15) is 21.6 Å². The number of sulfonamides is 1. The van der Waals surface area contributed by atoms with Crippen molar-refractivity contribution < 1.29 is 21.6 Å². The monoisotopic (exact) mass is 350 g/mol. The van der Waals surface area contributed by atoms with E-state index in [0.29, 0.717) is 38.3 Å². The van der Waals surface area contributed by atoms with Gasteiger partial charge in [0.2, 0.25) is 10.0 Å². The molecule has 1 aliphatic rings. The lowest BCUT2D eigenvalue weighted by atomic mass is 10.2. The summed E-state index contributed by atoms with van der Waals surface area (Å²) < 4.78 is 63.4. The van der Waals surface area contributed by atoms with Crippen LogP contribution in [0.2, 0.25) is 0 Å². The Balaban J connectivity index is 1.97. The standard InChI is InChI=1S/C15H21F3N2O2S/c1-2-3-12-23(21,22)20-10-8-19(9-11-20)14-6-4-13(5-7-14)15(16,17)18/h4-7H,2-3,8-12H2,1H3. The molecule has 0 unspecified atom stereocenters. The largest absolute Gasteiger partial charge is 0.416 e. The summed E-state index contributed by atoms with van der Waals surface area (Å²) in [4.78, 5) is 1.91. The van der Waals surface area contributed by atoms with E-state index in [0.717, 1.165) is 18.6 Å². The minimum atomic E-state index is -4.34. The highest BCUT2D eigenvalue weighted by atomic mass is 32.2. The molecule has 23 heavy (non-hydrogen) atoms. The van der Waals surface area contributed by atoms with Crippen LogP contribution in [0.5, 0.6) is 0 Å². The third kappa shape index (κ3) is 4.60. The summed E-state index contributed by atoms with van der Waals surface area (Å²) in [5.41, 5.74) is 0.00522. The van der Waals surface area contributed by atoms with Crippen molar-refractivity contribution in [1.29, 1.82) is 0 Å². The quantitative estimate of drug-likeness (QED) is 0.820. The van der Waals surface area contributed by atoms with Gasteiger partial charge in [0.1, 0.15) is 0 Å². The number of hydrogen-bond acceptors (Lipinski definition) is 3. The van der Waals surface area contributed by atoms with Crippen LogP contribution in [0.4, 0.5) is 18.9 Å². The lowest BCUT2D eigenvalue weighted by Crippen LogP contribution is -2.49. The molecular weight excluding hydrogens is 329 g/mol. The molecule has 1 saturated heterocycles. The Kier molecular flexibility index (Phi) is 5.57. The Morgan fingerprint density at radius 2 is 1.61 bits per heavy atom. The Hall–Kier alpha value is -1.28. The third-order valence-electron chi connectivity index (χ3n) is 3.95. The average Bonchev–Trinajstić information content (AvgIpc) is 2.52. The van der Waals surface area contributed by atoms with Crippen LogP contribution in [-0.4, -0.2) is 44.7 Å². The molecule has 1 fully saturated rings. The zero-order valence-corrected chi connectivity index (χ0v) is 13.8. The smallest absolute Gasteiger partial charge is 0.369 e. The SMILES string of the molecule is CCCCS(=O)(=O)N1CCN(c2ccc(C(F)(F)F)cc2)CC1. The van der Waals surface area contributed by atoms with E-state index < -0.39 is 21.8 Å². The Labute approximate surface area is 134 Å². The molecule has 0 bridgehead atoms. The summed E-state index contributed by atoms with van der Waals surface area (Å²) in [6.45, 7) is 3.64. The molecule has 0 aromatic heterocycles. The molecule has 0 spiro atoms. The topological polar surface area (TPSA) is 40.6 Å². The fourth-order valence-electron chi connectivity index (χ4n) is 2.54. The van der Waals surface area contributed by atoms with Gasteiger partial charge in [-0.25, -0.2) is 8.42 Å². The maximum Gasteiger partial charge on any atom is 0.416 e. The normalized spacial score (nSPS) is 17.5. The highest BCUT2D eigenvalue weighted by molar-refractivity contribution is 7.89. The van der Waals surface area contributed by atoms with Crippen LogP contribution in [0.25, 0.3) is 0 Å². The van der Waals surface area contributed by atoms with E-state index in [1.807, 2.05) is 11.8 Å². The number of anilines is 1. The van der Waals surface area contributed by atoms with Gasteiger partial charge in [-0.1, -0.05) is 13.3 Å². The van der Waals surface area contributed by atoms with Gasteiger partial charge in [-0.3, -0.25) is 0 Å². The molecule has 1 aliphatic heterocycles. The fraction of sp³-hybridized carbons (Fsp3) is 0.600. The predicted octanol–water partition coefficient (Wildman–Crippen LogP) is 2.96. The lowest BCUT2D eigenvalue weighted by Gasteiger charge is -2.35. The van der Waals surface area contributed by atoms with Crippen LogP contribution in [0.1, 0.15) is 25.3 Å². The van der Waals surface area contributed by atoms with Crippen molar-refractivity contribution in [2.75, 3.05) is 36.8 Å². The predicted molar refractivity (Wildman–Crippen MR) is 83.9 cm³/mol. The van der Waals surface area contributed by atoms with Crippen molar-refractivity contribution in [2.24, 2.45) is 0 Å². The Bertz CT molecular complexity index is 607. The van der Waals surface area contributed by atoms with Gasteiger partial charge in [0, 0.05) is 31.9 Å². The van der Waals surface area contributed by atoms with Crippen LogP contribution in [-0.2, 0) is 16.2 Å². The van der Waals surface area contributed by atoms with Gasteiger partial charge in [-0.05, 0) is 30.7 Å². The second kappa shape index (κ2) is 7.09. The number of hydrogen-bond donors (Lipinski definition) is 0. The lowest BCUT2D eigenvalue weighted by molar-refractivity contribution is -0.137. The van der Waals surface area contributed by atoms with Gasteiger partial charge in [0.15, 0.2) is 0 Å². The molecule has 0 atom stereocenters. The van der Waals surface area contributed by atoms with Crippen molar-refractivity contribution in [1.82, 2.24) is 4.31 Å². The number of piperazine rings is 1. The summed E-state index contributed by atoms with van der Waals surface area (Å²) in [5, 5.41) is 0. The number of halogens is 3. The summed E-state index contributed by atoms with van der Waals surface area (Å²) in [7, 11) is -3.22. The van der Waals surface area contributed by atoms with Gasteiger partial charge in [-0.2, -0.15) is 17.5 Å². The Morgan fingerprint density at radius 3 is 2.09 bits per heavy atom. The van der Waals surface area contributed by atoms with E-state index >= 15 is 0 Å². The number of alkyl halides is 3. The van der Waals surface area contributed by atoms with Crippen molar-refractivity contribution in [3.05, 3.63) is 29.8 Å². The zero-order valence-electron chi connectivity index (χ0n) is 13.0. The van der Waals surface area contributed by atoms with Crippen LogP contribution >= 0.6 is 0 Å². The Morgan fingerprint density at radius 1 is 1.04 bits per heavy atom. The van der Waals surface area contributed by atoms with Gasteiger partial charge < -0.3 is 4.90 Å². The molecule has 0 radical (unpaired) electrons. The van der Waals surface area contributed by atoms with E-state index in [4.69, 9.17) is 0 Å². The number of rotatable bonds is 5. The number of unbranched alkanes of at least 4 members (excludes halogenated alkanes) is 1. The first-order chi connectivity index (χ1) is 10.7. The molecule has 0 aliphatic carbocycles. The average molecular weight is 350 g/mol. The number of nitrogens with zero attached hydrogens (tertiary/aromatic N) is 2. The molecule has 8 heteroatoms. The van der Waals surface area contributed by atoms with E-state index in [1.165, 1.54) is 16.4 Å². The van der Waals surface area contributed by atoms with Crippen molar-refractivity contribution in [3.8, 4) is 0 Å². The van der Waals surface area contributed by atoms with Crippen molar-refractivity contribution in [2.45, 2.75) is 25.9 Å². The molecule has 4 nitrogen and oxygen atoms in total. The summed E-state index contributed by atoms with van der Waals surface area (Å²) in [6.07, 6.45) is -2.88. The van der Waals surface area contributed by atoms with Gasteiger partial charge in [-0.15, -0.1) is 0 Å². The van der Waals surface area contributed by atoms with Crippen LogP contribution in [0.3, 0.4) is 0 Å². The van der Waals surface area contributed by atoms with E-state index in [-0.39, 0.29) is 5.75 Å². The molecule has 0 N–H and O–H groups in total. The highest BCUT2D eigenvalue weighted by Crippen LogP contribution is 2.30. The maximum atomic E-state index is 12.6. The molecule has 1 heterocycles. The second-order valence-electron chi connectivity index (χ2n) is 5.60. The minimum Gasteiger partial charge on any atom is -0.369 e. The van der Waals surface area contributed by atoms with Gasteiger partial charge >= 0.3 is 6.18 Å². The summed E-state index contributed by atoms with van der Waals surface area (Å²) in [5.74, 6) is 0.157. The molecule has 130 valence electrons. The first-order valence-electron chi connectivity index (χ1n) is 7.64. The molecular formula is C15H21F3N2O2S. The maximum absolute atomic E-state index is 12.6. The number of benzene rings is 1. The molecule has 1 aromatic rings. The highest BCUT2D eigenvalue weighted by Gasteiger charge is 2.31. The fourth-order valence-corrected chi connectivity index (χ4v) is 4.17. The van der Waals surface area contributed by atoms with Crippen LogP contribution < -0.4 is 4.90 Å². The zero-order chi connectivity index (χ0) is 17.1. The molecule has 0 saturated carbocycles. The van der Waals surface area contributed by atoms with Crippen LogP contribution in [0, 0.1) is 0 Å². The van der Waals surface area contributed by atoms with E-state index in [1.54, 1.807) is 0 Å². The van der Waals surface area contributed by atoms with Crippen molar-refractivity contribution in [3.63, 3.8) is 0 Å². The first kappa shape index (κ1) is 18.1. The summed E-state index contributed by atoms with van der Waals surface area (Å²) in [6, 6.07) is 4.98. The summed E-state index contributed by atoms with van der Waals surface area (Å²) >= 11 is 0. The first-order valence-corrected chi connectivity index (χ1v) is 9.25. The molecule has 2 rings (SSSR count).